The molecule has 136 valence electrons. The van der Waals surface area contributed by atoms with E-state index in [4.69, 9.17) is 0 Å². The summed E-state index contributed by atoms with van der Waals surface area (Å²) in [5.41, 5.74) is 2.08. The molecule has 2 heterocycles. The van der Waals surface area contributed by atoms with Crippen molar-refractivity contribution in [3.05, 3.63) is 30.6 Å². The molecule has 25 heavy (non-hydrogen) atoms. The Morgan fingerprint density at radius 3 is 2.84 bits per heavy atom. The Bertz CT molecular complexity index is 885. The molecule has 0 radical (unpaired) electrons. The van der Waals surface area contributed by atoms with Gasteiger partial charge in [0.25, 0.3) is 0 Å². The van der Waals surface area contributed by atoms with Gasteiger partial charge in [-0.2, -0.15) is 0 Å². The molecule has 1 aromatic heterocycles. The first-order valence-electron chi connectivity index (χ1n) is 8.42. The molecule has 0 aliphatic carbocycles. The minimum atomic E-state index is -3.05. The number of guanidine groups is 1. The van der Waals surface area contributed by atoms with Crippen LogP contribution in [-0.2, 0) is 16.4 Å². The van der Waals surface area contributed by atoms with Crippen LogP contribution in [0.5, 0.6) is 0 Å². The summed E-state index contributed by atoms with van der Waals surface area (Å²) < 4.78 is 25.7. The highest BCUT2D eigenvalue weighted by Gasteiger charge is 2.40. The molecular formula is C17H25N5O2S. The molecule has 1 aliphatic rings. The number of nitrogens with one attached hydrogen (secondary N) is 1. The summed E-state index contributed by atoms with van der Waals surface area (Å²) in [6, 6.07) is 8.03. The molecule has 1 saturated heterocycles. The molecule has 0 unspecified atom stereocenters. The molecule has 1 fully saturated rings. The number of hydrogen-bond donors (Lipinski definition) is 1. The van der Waals surface area contributed by atoms with Crippen LogP contribution in [0.4, 0.5) is 0 Å². The van der Waals surface area contributed by atoms with Gasteiger partial charge in [-0.1, -0.05) is 12.1 Å². The molecule has 0 saturated carbocycles. The summed E-state index contributed by atoms with van der Waals surface area (Å²) in [5, 5.41) is 3.34. The Morgan fingerprint density at radius 2 is 2.12 bits per heavy atom. The summed E-state index contributed by atoms with van der Waals surface area (Å²) in [4.78, 5) is 10.7. The van der Waals surface area contributed by atoms with Crippen molar-refractivity contribution in [3.8, 4) is 0 Å². The zero-order chi connectivity index (χ0) is 18.1. The second kappa shape index (κ2) is 6.67. The third kappa shape index (κ3) is 3.49. The summed E-state index contributed by atoms with van der Waals surface area (Å²) in [6.07, 6.45) is 1.84. The maximum absolute atomic E-state index is 12.2. The van der Waals surface area contributed by atoms with Crippen molar-refractivity contribution in [1.82, 2.24) is 19.8 Å². The second-order valence-corrected chi connectivity index (χ2v) is 9.64. The monoisotopic (exact) mass is 363 g/mol. The molecule has 1 aliphatic heterocycles. The smallest absolute Gasteiger partial charge is 0.193 e. The highest BCUT2D eigenvalue weighted by molar-refractivity contribution is 7.92. The maximum Gasteiger partial charge on any atom is 0.193 e. The van der Waals surface area contributed by atoms with Gasteiger partial charge in [-0.15, -0.1) is 0 Å². The number of hydrogen-bond acceptors (Lipinski definition) is 4. The summed E-state index contributed by atoms with van der Waals surface area (Å²) in [7, 11) is -1.33. The Balaban J connectivity index is 1.62. The summed E-state index contributed by atoms with van der Waals surface area (Å²) in [5.74, 6) is 0.903. The third-order valence-corrected chi connectivity index (χ3v) is 7.25. The Kier molecular flexibility index (Phi) is 4.73. The number of aromatic nitrogens is 2. The number of imidazole rings is 1. The van der Waals surface area contributed by atoms with E-state index in [0.29, 0.717) is 19.6 Å². The zero-order valence-electron chi connectivity index (χ0n) is 14.9. The molecule has 3 rings (SSSR count). The predicted octanol–water partition coefficient (Wildman–Crippen LogP) is 1.12. The van der Waals surface area contributed by atoms with E-state index in [0.717, 1.165) is 23.5 Å². The van der Waals surface area contributed by atoms with E-state index in [1.807, 2.05) is 29.4 Å². The number of fused-ring (bicyclic) bond motifs is 1. The Labute approximate surface area is 148 Å². The molecule has 2 aromatic rings. The van der Waals surface area contributed by atoms with Crippen LogP contribution in [-0.4, -0.2) is 66.0 Å². The van der Waals surface area contributed by atoms with Crippen LogP contribution in [0.15, 0.2) is 35.6 Å². The van der Waals surface area contributed by atoms with Crippen LogP contribution in [0.1, 0.15) is 13.8 Å². The maximum atomic E-state index is 12.2. The minimum absolute atomic E-state index is 0.160. The van der Waals surface area contributed by atoms with Crippen molar-refractivity contribution >= 4 is 26.8 Å². The lowest BCUT2D eigenvalue weighted by Gasteiger charge is -2.39. The van der Waals surface area contributed by atoms with E-state index >= 15 is 0 Å². The standard InChI is InChI=1S/C17H25N5O2S/c1-17(2)12-21(10-11-25(17,23)24)16(18-3)19-8-9-22-13-20-14-6-4-5-7-15(14)22/h4-7,13H,8-12H2,1-3H3,(H,18,19). The fourth-order valence-corrected chi connectivity index (χ4v) is 4.50. The fourth-order valence-electron chi connectivity index (χ4n) is 3.13. The molecule has 1 aromatic carbocycles. The van der Waals surface area contributed by atoms with E-state index in [1.165, 1.54) is 0 Å². The van der Waals surface area contributed by atoms with Crippen LogP contribution in [0.3, 0.4) is 0 Å². The van der Waals surface area contributed by atoms with Crippen molar-refractivity contribution in [2.45, 2.75) is 25.1 Å². The summed E-state index contributed by atoms with van der Waals surface area (Å²) in [6.45, 7) is 5.92. The van der Waals surface area contributed by atoms with Crippen molar-refractivity contribution in [3.63, 3.8) is 0 Å². The summed E-state index contributed by atoms with van der Waals surface area (Å²) >= 11 is 0. The SMILES string of the molecule is CN=C(NCCn1cnc2ccccc21)N1CCS(=O)(=O)C(C)(C)C1. The molecule has 0 spiro atoms. The van der Waals surface area contributed by atoms with Gasteiger partial charge in [0.1, 0.15) is 0 Å². The zero-order valence-corrected chi connectivity index (χ0v) is 15.8. The first-order chi connectivity index (χ1) is 11.8. The van der Waals surface area contributed by atoms with Gasteiger partial charge < -0.3 is 14.8 Å². The largest absolute Gasteiger partial charge is 0.354 e. The second-order valence-electron chi connectivity index (χ2n) is 6.90. The van der Waals surface area contributed by atoms with Gasteiger partial charge >= 0.3 is 0 Å². The first kappa shape index (κ1) is 17.7. The minimum Gasteiger partial charge on any atom is -0.354 e. The number of benzene rings is 1. The van der Waals surface area contributed by atoms with Gasteiger partial charge in [0.15, 0.2) is 15.8 Å². The molecule has 0 amide bonds. The average molecular weight is 363 g/mol. The average Bonchev–Trinajstić information content (AvgIpc) is 2.98. The van der Waals surface area contributed by atoms with E-state index in [1.54, 1.807) is 20.9 Å². The number of sulfone groups is 1. The van der Waals surface area contributed by atoms with Crippen LogP contribution in [0.25, 0.3) is 11.0 Å². The number of aliphatic imine (C=N–C) groups is 1. The molecular weight excluding hydrogens is 338 g/mol. The van der Waals surface area contributed by atoms with Gasteiger partial charge in [0, 0.05) is 33.2 Å². The quantitative estimate of drug-likeness (QED) is 0.653. The van der Waals surface area contributed by atoms with Crippen molar-refractivity contribution in [2.75, 3.05) is 32.4 Å². The van der Waals surface area contributed by atoms with E-state index < -0.39 is 14.6 Å². The van der Waals surface area contributed by atoms with Crippen LogP contribution in [0, 0.1) is 0 Å². The number of para-hydroxylation sites is 2. The Hall–Kier alpha value is -2.09. The molecule has 0 bridgehead atoms. The molecule has 7 nitrogen and oxygen atoms in total. The highest BCUT2D eigenvalue weighted by atomic mass is 32.2. The van der Waals surface area contributed by atoms with Gasteiger partial charge in [-0.3, -0.25) is 4.99 Å². The number of rotatable bonds is 3. The van der Waals surface area contributed by atoms with Crippen LogP contribution in [0.2, 0.25) is 0 Å². The third-order valence-electron chi connectivity index (χ3n) is 4.72. The van der Waals surface area contributed by atoms with Crippen LogP contribution >= 0.6 is 0 Å². The van der Waals surface area contributed by atoms with Gasteiger partial charge in [0.05, 0.1) is 27.9 Å². The van der Waals surface area contributed by atoms with Crippen molar-refractivity contribution < 1.29 is 8.42 Å². The van der Waals surface area contributed by atoms with Crippen molar-refractivity contribution in [1.29, 1.82) is 0 Å². The van der Waals surface area contributed by atoms with E-state index in [2.05, 4.69) is 25.9 Å². The lowest BCUT2D eigenvalue weighted by Crippen LogP contribution is -2.57. The fraction of sp³-hybridized carbons (Fsp3) is 0.529. The van der Waals surface area contributed by atoms with E-state index in [-0.39, 0.29) is 5.75 Å². The first-order valence-corrected chi connectivity index (χ1v) is 10.1. The highest BCUT2D eigenvalue weighted by Crippen LogP contribution is 2.23. The van der Waals surface area contributed by atoms with Gasteiger partial charge in [-0.25, -0.2) is 13.4 Å². The normalized spacial score (nSPS) is 20.0. The predicted molar refractivity (Wildman–Crippen MR) is 101 cm³/mol. The van der Waals surface area contributed by atoms with Crippen molar-refractivity contribution in [2.24, 2.45) is 4.99 Å². The van der Waals surface area contributed by atoms with Crippen LogP contribution < -0.4 is 5.32 Å². The topological polar surface area (TPSA) is 79.6 Å². The number of nitrogens with zero attached hydrogens (tertiary/aromatic N) is 4. The van der Waals surface area contributed by atoms with E-state index in [9.17, 15) is 8.42 Å². The Morgan fingerprint density at radius 1 is 1.36 bits per heavy atom. The lowest BCUT2D eigenvalue weighted by molar-refractivity contribution is 0.353. The van der Waals surface area contributed by atoms with Gasteiger partial charge in [-0.05, 0) is 26.0 Å². The molecule has 8 heteroatoms. The molecule has 0 atom stereocenters. The lowest BCUT2D eigenvalue weighted by atomic mass is 10.2. The molecule has 1 N–H and O–H groups in total. The van der Waals surface area contributed by atoms with Gasteiger partial charge in [0.2, 0.25) is 0 Å².